The van der Waals surface area contributed by atoms with Crippen LogP contribution in [0.5, 0.6) is 0 Å². The maximum Gasteiger partial charge on any atom is 0.184 e. The summed E-state index contributed by atoms with van der Waals surface area (Å²) in [6, 6.07) is 5.72. The molecule has 2 atom stereocenters. The third kappa shape index (κ3) is 2.47. The summed E-state index contributed by atoms with van der Waals surface area (Å²) < 4.78 is 1.40. The van der Waals surface area contributed by atoms with Gasteiger partial charge in [0.25, 0.3) is 0 Å². The van der Waals surface area contributed by atoms with Gasteiger partial charge in [-0.1, -0.05) is 19.8 Å². The highest BCUT2D eigenvalue weighted by Crippen LogP contribution is 2.31. The fourth-order valence-electron chi connectivity index (χ4n) is 3.15. The van der Waals surface area contributed by atoms with Gasteiger partial charge in [0, 0.05) is 6.04 Å². The lowest BCUT2D eigenvalue weighted by Crippen LogP contribution is -2.31. The van der Waals surface area contributed by atoms with Gasteiger partial charge in [-0.25, -0.2) is 4.52 Å². The standard InChI is InChI=1S/C15H19N5O2/c1-10-4-2-3-5-12(10)18-15-11(8-16)9-17-19-13(15)6-7-14(19)20(21)22/h6-7,9-10,12,18,21-22H,2-5H2,1H3/t10-,12+/m0/s1. The first-order valence-corrected chi connectivity index (χ1v) is 7.47. The van der Waals surface area contributed by atoms with Crippen molar-refractivity contribution in [1.82, 2.24) is 9.61 Å². The van der Waals surface area contributed by atoms with Crippen LogP contribution < -0.4 is 10.5 Å². The molecule has 0 bridgehead atoms. The summed E-state index contributed by atoms with van der Waals surface area (Å²) in [5.41, 5.74) is 1.81. The number of fused-ring (bicyclic) bond motifs is 1. The zero-order valence-electron chi connectivity index (χ0n) is 12.4. The number of aromatic nitrogens is 2. The Morgan fingerprint density at radius 3 is 2.82 bits per heavy atom. The fourth-order valence-corrected chi connectivity index (χ4v) is 3.15. The third-order valence-electron chi connectivity index (χ3n) is 4.43. The fraction of sp³-hybridized carbons (Fsp3) is 0.467. The maximum absolute atomic E-state index is 9.34. The van der Waals surface area contributed by atoms with E-state index in [1.54, 1.807) is 12.1 Å². The average molecular weight is 301 g/mol. The molecule has 1 aliphatic carbocycles. The number of hydrogen-bond donors (Lipinski definition) is 3. The smallest absolute Gasteiger partial charge is 0.184 e. The molecule has 7 heteroatoms. The molecule has 1 aliphatic rings. The molecule has 3 rings (SSSR count). The van der Waals surface area contributed by atoms with E-state index in [1.165, 1.54) is 30.0 Å². The number of anilines is 2. The monoisotopic (exact) mass is 301 g/mol. The van der Waals surface area contributed by atoms with Crippen molar-refractivity contribution in [3.05, 3.63) is 23.9 Å². The predicted octanol–water partition coefficient (Wildman–Crippen LogP) is 2.78. The Bertz CT molecular complexity index is 719. The van der Waals surface area contributed by atoms with Crippen molar-refractivity contribution in [3.63, 3.8) is 0 Å². The second-order valence-corrected chi connectivity index (χ2v) is 5.84. The van der Waals surface area contributed by atoms with Crippen LogP contribution in [0.1, 0.15) is 38.2 Å². The van der Waals surface area contributed by atoms with Crippen LogP contribution in [0.25, 0.3) is 5.52 Å². The van der Waals surface area contributed by atoms with Gasteiger partial charge in [-0.3, -0.25) is 10.4 Å². The molecule has 0 saturated heterocycles. The highest BCUT2D eigenvalue weighted by Gasteiger charge is 2.23. The predicted molar refractivity (Wildman–Crippen MR) is 81.0 cm³/mol. The number of nitriles is 1. The van der Waals surface area contributed by atoms with E-state index in [4.69, 9.17) is 0 Å². The Morgan fingerprint density at radius 2 is 2.14 bits per heavy atom. The van der Waals surface area contributed by atoms with Gasteiger partial charge >= 0.3 is 0 Å². The molecule has 2 heterocycles. The van der Waals surface area contributed by atoms with Gasteiger partial charge in [-0.2, -0.15) is 10.4 Å². The first-order valence-electron chi connectivity index (χ1n) is 7.47. The normalized spacial score (nSPS) is 21.5. The summed E-state index contributed by atoms with van der Waals surface area (Å²) in [5, 5.41) is 35.4. The number of hydrogen-bond acceptors (Lipinski definition) is 6. The first-order chi connectivity index (χ1) is 10.6. The minimum absolute atomic E-state index is 0.0268. The largest absolute Gasteiger partial charge is 0.379 e. The molecule has 2 aromatic heterocycles. The van der Waals surface area contributed by atoms with Crippen LogP contribution in [0, 0.1) is 17.2 Å². The van der Waals surface area contributed by atoms with Crippen LogP contribution in [0.4, 0.5) is 11.5 Å². The summed E-state index contributed by atoms with van der Waals surface area (Å²) in [6.45, 7) is 2.22. The molecule has 0 spiro atoms. The highest BCUT2D eigenvalue weighted by atomic mass is 16.8. The number of nitrogens with zero attached hydrogens (tertiary/aromatic N) is 4. The molecule has 0 radical (unpaired) electrons. The summed E-state index contributed by atoms with van der Waals surface area (Å²) in [7, 11) is 0. The Labute approximate surface area is 128 Å². The van der Waals surface area contributed by atoms with Crippen LogP contribution in [0.2, 0.25) is 0 Å². The second kappa shape index (κ2) is 5.83. The van der Waals surface area contributed by atoms with Gasteiger partial charge in [0.15, 0.2) is 5.82 Å². The van der Waals surface area contributed by atoms with E-state index in [0.717, 1.165) is 6.42 Å². The lowest BCUT2D eigenvalue weighted by atomic mass is 9.85. The molecular formula is C15H19N5O2. The van der Waals surface area contributed by atoms with Gasteiger partial charge in [-0.05, 0) is 30.9 Å². The van der Waals surface area contributed by atoms with Gasteiger partial charge in [0.2, 0.25) is 0 Å². The Kier molecular flexibility index (Phi) is 3.88. The summed E-state index contributed by atoms with van der Waals surface area (Å²) >= 11 is 0. The Morgan fingerprint density at radius 1 is 1.36 bits per heavy atom. The lowest BCUT2D eigenvalue weighted by molar-refractivity contribution is 0.0259. The van der Waals surface area contributed by atoms with E-state index in [1.807, 2.05) is 0 Å². The Hall–Kier alpha value is -2.30. The molecule has 0 amide bonds. The molecule has 22 heavy (non-hydrogen) atoms. The van der Waals surface area contributed by atoms with Gasteiger partial charge in [0.05, 0.1) is 23.0 Å². The molecule has 1 saturated carbocycles. The van der Waals surface area contributed by atoms with Crippen LogP contribution in [-0.4, -0.2) is 26.1 Å². The van der Waals surface area contributed by atoms with Crippen molar-refractivity contribution in [2.75, 3.05) is 10.5 Å². The minimum Gasteiger partial charge on any atom is -0.379 e. The van der Waals surface area contributed by atoms with Crippen LogP contribution in [-0.2, 0) is 0 Å². The van der Waals surface area contributed by atoms with Crippen molar-refractivity contribution >= 4 is 17.0 Å². The number of nitrogens with one attached hydrogen (secondary N) is 1. The molecular weight excluding hydrogens is 282 g/mol. The van der Waals surface area contributed by atoms with E-state index in [9.17, 15) is 15.7 Å². The molecule has 1 fully saturated rings. The van der Waals surface area contributed by atoms with Gasteiger partial charge in [-0.15, -0.1) is 5.23 Å². The summed E-state index contributed by atoms with van der Waals surface area (Å²) in [5.74, 6) is 0.661. The topological polar surface area (TPSA) is 96.8 Å². The quantitative estimate of drug-likeness (QED) is 0.754. The molecule has 116 valence electrons. The van der Waals surface area contributed by atoms with Crippen LogP contribution in [0.15, 0.2) is 18.3 Å². The molecule has 0 aromatic carbocycles. The molecule has 2 aromatic rings. The SMILES string of the molecule is C[C@H]1CCCC[C@H]1Nc1c(C#N)cnn2c(N(O)O)ccc12. The van der Waals surface area contributed by atoms with E-state index in [0.29, 0.717) is 28.7 Å². The zero-order chi connectivity index (χ0) is 15.7. The number of rotatable bonds is 3. The van der Waals surface area contributed by atoms with Crippen molar-refractivity contribution < 1.29 is 10.4 Å². The van der Waals surface area contributed by atoms with Crippen molar-refractivity contribution in [2.24, 2.45) is 5.92 Å². The Balaban J connectivity index is 2.04. The van der Waals surface area contributed by atoms with Crippen molar-refractivity contribution in [1.29, 1.82) is 5.26 Å². The maximum atomic E-state index is 9.34. The average Bonchev–Trinajstić information content (AvgIpc) is 2.94. The molecule has 0 unspecified atom stereocenters. The summed E-state index contributed by atoms with van der Waals surface area (Å²) in [6.07, 6.45) is 6.11. The van der Waals surface area contributed by atoms with Crippen molar-refractivity contribution in [2.45, 2.75) is 38.6 Å². The minimum atomic E-state index is 0.0268. The van der Waals surface area contributed by atoms with E-state index < -0.39 is 0 Å². The van der Waals surface area contributed by atoms with Crippen LogP contribution >= 0.6 is 0 Å². The van der Waals surface area contributed by atoms with E-state index in [2.05, 4.69) is 23.4 Å². The van der Waals surface area contributed by atoms with E-state index in [-0.39, 0.29) is 11.0 Å². The zero-order valence-corrected chi connectivity index (χ0v) is 12.4. The molecule has 3 N–H and O–H groups in total. The van der Waals surface area contributed by atoms with Crippen LogP contribution in [0.3, 0.4) is 0 Å². The first kappa shape index (κ1) is 14.6. The second-order valence-electron chi connectivity index (χ2n) is 5.84. The van der Waals surface area contributed by atoms with E-state index >= 15 is 0 Å². The molecule has 0 aliphatic heterocycles. The lowest BCUT2D eigenvalue weighted by Gasteiger charge is -2.30. The summed E-state index contributed by atoms with van der Waals surface area (Å²) in [4.78, 5) is 0. The third-order valence-corrected chi connectivity index (χ3v) is 4.43. The molecule has 7 nitrogen and oxygen atoms in total. The van der Waals surface area contributed by atoms with Crippen molar-refractivity contribution in [3.8, 4) is 6.07 Å². The highest BCUT2D eigenvalue weighted by molar-refractivity contribution is 5.79. The van der Waals surface area contributed by atoms with Gasteiger partial charge < -0.3 is 5.32 Å². The van der Waals surface area contributed by atoms with Gasteiger partial charge in [0.1, 0.15) is 6.07 Å².